The number of aromatic nitrogens is 2. The van der Waals surface area contributed by atoms with Crippen molar-refractivity contribution in [1.29, 1.82) is 0 Å². The van der Waals surface area contributed by atoms with Gasteiger partial charge in [-0.2, -0.15) is 5.10 Å². The second kappa shape index (κ2) is 8.49. The number of amides is 1. The van der Waals surface area contributed by atoms with Gasteiger partial charge in [-0.3, -0.25) is 9.48 Å². The molecule has 0 unspecified atom stereocenters. The van der Waals surface area contributed by atoms with Crippen molar-refractivity contribution in [3.8, 4) is 17.2 Å². The van der Waals surface area contributed by atoms with Crippen LogP contribution in [0.4, 0.5) is 0 Å². The summed E-state index contributed by atoms with van der Waals surface area (Å²) in [5, 5.41) is 10.5. The largest absolute Gasteiger partial charge is 0.492 e. The van der Waals surface area contributed by atoms with Gasteiger partial charge in [0.15, 0.2) is 11.5 Å². The van der Waals surface area contributed by atoms with E-state index in [1.807, 2.05) is 31.6 Å². The number of nitrogens with zero attached hydrogens (tertiary/aromatic N) is 2. The number of aryl methyl sites for hydroxylation is 1. The lowest BCUT2D eigenvalue weighted by Gasteiger charge is -2.17. The molecule has 4 rings (SSSR count). The van der Waals surface area contributed by atoms with Crippen LogP contribution in [0.25, 0.3) is 0 Å². The smallest absolute Gasteiger partial charge is 0.231 e. The van der Waals surface area contributed by atoms with Gasteiger partial charge in [0.25, 0.3) is 0 Å². The normalized spacial score (nSPS) is 20.2. The van der Waals surface area contributed by atoms with E-state index in [0.29, 0.717) is 31.2 Å². The molecule has 2 aromatic rings. The number of fused-ring (bicyclic) bond motifs is 1. The predicted molar refractivity (Wildman–Crippen MR) is 101 cm³/mol. The molecule has 2 aliphatic rings. The lowest BCUT2D eigenvalue weighted by atomic mass is 9.90. The molecule has 1 aromatic carbocycles. The first-order chi connectivity index (χ1) is 12.7. The lowest BCUT2D eigenvalue weighted by Crippen LogP contribution is -2.36. The molecule has 0 aliphatic carbocycles. The van der Waals surface area contributed by atoms with Crippen LogP contribution < -0.4 is 24.8 Å². The minimum atomic E-state index is -0.0928. The standard InChI is InChI=1S/C18H22N4O4.ClH/c1-22-10-12(7-21-22)14-8-19-9-15(14)18(23)20-4-5-24-13-2-3-16-17(6-13)26-11-25-16;/h2-3,6-7,10,14-15,19H,4-5,8-9,11H2,1H3,(H,20,23);1H/t14-,15+;/m1./s1. The van der Waals surface area contributed by atoms with Crippen molar-refractivity contribution in [2.75, 3.05) is 33.0 Å². The summed E-state index contributed by atoms with van der Waals surface area (Å²) in [6.45, 7) is 2.54. The second-order valence-electron chi connectivity index (χ2n) is 6.47. The van der Waals surface area contributed by atoms with Crippen LogP contribution >= 0.6 is 12.4 Å². The first kappa shape index (κ1) is 19.3. The van der Waals surface area contributed by atoms with Crippen LogP contribution in [-0.2, 0) is 11.8 Å². The lowest BCUT2D eigenvalue weighted by molar-refractivity contribution is -0.124. The third-order valence-corrected chi connectivity index (χ3v) is 4.72. The molecule has 1 amide bonds. The molecule has 146 valence electrons. The Morgan fingerprint density at radius 3 is 3.04 bits per heavy atom. The highest BCUT2D eigenvalue weighted by Gasteiger charge is 2.34. The molecule has 0 bridgehead atoms. The highest BCUT2D eigenvalue weighted by atomic mass is 35.5. The van der Waals surface area contributed by atoms with Crippen molar-refractivity contribution >= 4 is 18.3 Å². The van der Waals surface area contributed by atoms with Gasteiger partial charge in [-0.15, -0.1) is 12.4 Å². The van der Waals surface area contributed by atoms with Crippen LogP contribution in [0.5, 0.6) is 17.2 Å². The Hall–Kier alpha value is -2.45. The summed E-state index contributed by atoms with van der Waals surface area (Å²) in [6.07, 6.45) is 3.81. The summed E-state index contributed by atoms with van der Waals surface area (Å²) in [5.41, 5.74) is 1.09. The van der Waals surface area contributed by atoms with Crippen LogP contribution in [0.3, 0.4) is 0 Å². The Morgan fingerprint density at radius 2 is 2.22 bits per heavy atom. The molecule has 27 heavy (non-hydrogen) atoms. The van der Waals surface area contributed by atoms with E-state index in [9.17, 15) is 4.79 Å². The zero-order valence-corrected chi connectivity index (χ0v) is 15.8. The number of hydrogen-bond acceptors (Lipinski definition) is 6. The van der Waals surface area contributed by atoms with Gasteiger partial charge in [0.1, 0.15) is 12.4 Å². The molecule has 0 radical (unpaired) electrons. The van der Waals surface area contributed by atoms with E-state index in [1.165, 1.54) is 0 Å². The van der Waals surface area contributed by atoms with E-state index in [4.69, 9.17) is 14.2 Å². The summed E-state index contributed by atoms with van der Waals surface area (Å²) in [4.78, 5) is 12.5. The Kier molecular flexibility index (Phi) is 6.08. The van der Waals surface area contributed by atoms with E-state index in [1.54, 1.807) is 10.7 Å². The minimum Gasteiger partial charge on any atom is -0.492 e. The van der Waals surface area contributed by atoms with Gasteiger partial charge < -0.3 is 24.8 Å². The van der Waals surface area contributed by atoms with Crippen molar-refractivity contribution in [3.63, 3.8) is 0 Å². The number of benzene rings is 1. The average molecular weight is 395 g/mol. The van der Waals surface area contributed by atoms with Crippen LogP contribution in [0.1, 0.15) is 11.5 Å². The number of halogens is 1. The van der Waals surface area contributed by atoms with Gasteiger partial charge in [-0.1, -0.05) is 0 Å². The van der Waals surface area contributed by atoms with Crippen molar-refractivity contribution in [3.05, 3.63) is 36.2 Å². The molecule has 2 aliphatic heterocycles. The molecular formula is C18H23ClN4O4. The summed E-state index contributed by atoms with van der Waals surface area (Å²) in [5.74, 6) is 2.20. The van der Waals surface area contributed by atoms with Crippen molar-refractivity contribution in [1.82, 2.24) is 20.4 Å². The molecular weight excluding hydrogens is 372 g/mol. The van der Waals surface area contributed by atoms with Crippen LogP contribution in [0.15, 0.2) is 30.6 Å². The molecule has 0 spiro atoms. The van der Waals surface area contributed by atoms with E-state index in [-0.39, 0.29) is 36.9 Å². The van der Waals surface area contributed by atoms with Crippen LogP contribution in [0, 0.1) is 5.92 Å². The van der Waals surface area contributed by atoms with Gasteiger partial charge in [0.05, 0.1) is 18.7 Å². The molecule has 1 aromatic heterocycles. The van der Waals surface area contributed by atoms with E-state index >= 15 is 0 Å². The Bertz CT molecular complexity index is 797. The maximum Gasteiger partial charge on any atom is 0.231 e. The Morgan fingerprint density at radius 1 is 1.37 bits per heavy atom. The highest BCUT2D eigenvalue weighted by Crippen LogP contribution is 2.35. The zero-order valence-electron chi connectivity index (χ0n) is 15.0. The molecule has 2 N–H and O–H groups in total. The Balaban J connectivity index is 0.00000210. The highest BCUT2D eigenvalue weighted by molar-refractivity contribution is 5.85. The first-order valence-corrected chi connectivity index (χ1v) is 8.70. The van der Waals surface area contributed by atoms with Crippen molar-refractivity contribution < 1.29 is 19.0 Å². The topological polar surface area (TPSA) is 86.6 Å². The molecule has 9 heteroatoms. The van der Waals surface area contributed by atoms with Gasteiger partial charge in [0, 0.05) is 38.3 Å². The maximum absolute atomic E-state index is 12.5. The van der Waals surface area contributed by atoms with Gasteiger partial charge in [0.2, 0.25) is 12.7 Å². The number of rotatable bonds is 6. The summed E-state index contributed by atoms with van der Waals surface area (Å²) in [7, 11) is 1.88. The number of ether oxygens (including phenoxy) is 3. The summed E-state index contributed by atoms with van der Waals surface area (Å²) in [6, 6.07) is 5.44. The number of nitrogens with one attached hydrogen (secondary N) is 2. The Labute approximate surface area is 163 Å². The monoisotopic (exact) mass is 394 g/mol. The first-order valence-electron chi connectivity index (χ1n) is 8.70. The second-order valence-corrected chi connectivity index (χ2v) is 6.47. The zero-order chi connectivity index (χ0) is 17.9. The average Bonchev–Trinajstić information content (AvgIpc) is 3.37. The fourth-order valence-electron chi connectivity index (χ4n) is 3.38. The fraction of sp³-hybridized carbons (Fsp3) is 0.444. The fourth-order valence-corrected chi connectivity index (χ4v) is 3.38. The maximum atomic E-state index is 12.5. The van der Waals surface area contributed by atoms with E-state index < -0.39 is 0 Å². The van der Waals surface area contributed by atoms with E-state index in [0.717, 1.165) is 17.9 Å². The van der Waals surface area contributed by atoms with E-state index in [2.05, 4.69) is 15.7 Å². The van der Waals surface area contributed by atoms with Gasteiger partial charge in [-0.05, 0) is 17.7 Å². The third kappa shape index (κ3) is 4.28. The van der Waals surface area contributed by atoms with Gasteiger partial charge >= 0.3 is 0 Å². The summed E-state index contributed by atoms with van der Waals surface area (Å²) < 4.78 is 18.0. The quantitative estimate of drug-likeness (QED) is 0.713. The molecule has 1 saturated heterocycles. The number of hydrogen-bond donors (Lipinski definition) is 2. The minimum absolute atomic E-state index is 0. The number of carbonyl (C=O) groups is 1. The molecule has 2 atom stereocenters. The third-order valence-electron chi connectivity index (χ3n) is 4.72. The molecule has 8 nitrogen and oxygen atoms in total. The number of carbonyl (C=O) groups excluding carboxylic acids is 1. The van der Waals surface area contributed by atoms with Crippen LogP contribution in [0.2, 0.25) is 0 Å². The molecule has 1 fully saturated rings. The predicted octanol–water partition coefficient (Wildman–Crippen LogP) is 1.07. The SMILES string of the molecule is Cl.Cn1cc([C@H]2CNC[C@@H]2C(=O)NCCOc2ccc3c(c2)OCO3)cn1. The van der Waals surface area contributed by atoms with Gasteiger partial charge in [-0.25, -0.2) is 0 Å². The molecule has 3 heterocycles. The van der Waals surface area contributed by atoms with Crippen LogP contribution in [-0.4, -0.2) is 48.7 Å². The van der Waals surface area contributed by atoms with Crippen molar-refractivity contribution in [2.24, 2.45) is 13.0 Å². The molecule has 0 saturated carbocycles. The summed E-state index contributed by atoms with van der Waals surface area (Å²) >= 11 is 0. The van der Waals surface area contributed by atoms with Crippen molar-refractivity contribution in [2.45, 2.75) is 5.92 Å².